The van der Waals surface area contributed by atoms with E-state index in [9.17, 15) is 27.9 Å². The molecule has 5 rings (SSSR count). The number of amides is 1. The van der Waals surface area contributed by atoms with Gasteiger partial charge in [-0.05, 0) is 67.8 Å². The van der Waals surface area contributed by atoms with Crippen molar-refractivity contribution in [2.24, 2.45) is 10.2 Å². The second-order valence-electron chi connectivity index (χ2n) is 11.3. The molecule has 2 aromatic carbocycles. The van der Waals surface area contributed by atoms with Gasteiger partial charge in [-0.3, -0.25) is 9.36 Å². The van der Waals surface area contributed by atoms with Crippen LogP contribution in [0.3, 0.4) is 0 Å². The normalized spacial score (nSPS) is 19.2. The first kappa shape index (κ1) is 30.7. The number of hydrogen-bond acceptors (Lipinski definition) is 7. The number of hydrogen-bond donors (Lipinski definition) is 1. The number of alkyl halides is 4. The number of halogens is 5. The maximum absolute atomic E-state index is 15.5. The van der Waals surface area contributed by atoms with Crippen LogP contribution >= 0.6 is 22.9 Å². The molecule has 1 aromatic heterocycles. The quantitative estimate of drug-likeness (QED) is 0.397. The average Bonchev–Trinajstić information content (AvgIpc) is 3.49. The van der Waals surface area contributed by atoms with E-state index in [1.165, 1.54) is 23.2 Å². The van der Waals surface area contributed by atoms with Gasteiger partial charge in [-0.1, -0.05) is 35.1 Å². The van der Waals surface area contributed by atoms with Gasteiger partial charge in [0.1, 0.15) is 11.8 Å². The fourth-order valence-corrected chi connectivity index (χ4v) is 6.27. The zero-order valence-corrected chi connectivity index (χ0v) is 24.9. The van der Waals surface area contributed by atoms with Crippen molar-refractivity contribution in [2.75, 3.05) is 13.1 Å². The van der Waals surface area contributed by atoms with E-state index < -0.39 is 46.4 Å². The SMILES string of the molecule is CC(C)(C)OC(=O)N1CC[C@@H](n2c(O)c(C(Cc3ccc(Cl)cc3C(F)(F)F)=c3ccc4c(c3)C=NN=4)sc2=O)[C@H](F)C1. The lowest BCUT2D eigenvalue weighted by Crippen LogP contribution is -2.48. The molecule has 1 N–H and O–H groups in total. The fraction of sp³-hybridized carbons (Fsp3) is 0.379. The van der Waals surface area contributed by atoms with Gasteiger partial charge in [0.15, 0.2) is 0 Å². The molecule has 8 nitrogen and oxygen atoms in total. The highest BCUT2D eigenvalue weighted by Gasteiger charge is 2.38. The van der Waals surface area contributed by atoms with Gasteiger partial charge >= 0.3 is 17.1 Å². The summed E-state index contributed by atoms with van der Waals surface area (Å²) in [5, 5.41) is 20.1. The summed E-state index contributed by atoms with van der Waals surface area (Å²) in [5.41, 5.74) is -1.05. The lowest BCUT2D eigenvalue weighted by atomic mass is 9.96. The minimum Gasteiger partial charge on any atom is -0.493 e. The Hall–Kier alpha value is -3.71. The van der Waals surface area contributed by atoms with Crippen LogP contribution in [0.2, 0.25) is 5.02 Å². The molecule has 2 atom stereocenters. The molecule has 0 radical (unpaired) electrons. The number of carbonyl (C=O) groups is 1. The molecule has 1 fully saturated rings. The Balaban J connectivity index is 1.58. The average molecular weight is 639 g/mol. The molecule has 0 saturated carbocycles. The van der Waals surface area contributed by atoms with Crippen molar-refractivity contribution in [2.45, 2.75) is 57.6 Å². The van der Waals surface area contributed by atoms with E-state index in [1.54, 1.807) is 39.0 Å². The molecule has 1 amide bonds. The van der Waals surface area contributed by atoms with Gasteiger partial charge < -0.3 is 14.7 Å². The Bertz CT molecular complexity index is 1800. The molecule has 3 heterocycles. The van der Waals surface area contributed by atoms with Crippen LogP contribution in [0.5, 0.6) is 5.88 Å². The molecule has 14 heteroatoms. The van der Waals surface area contributed by atoms with Crippen molar-refractivity contribution in [3.05, 3.63) is 83.2 Å². The van der Waals surface area contributed by atoms with E-state index in [4.69, 9.17) is 16.3 Å². The van der Waals surface area contributed by atoms with Gasteiger partial charge in [0, 0.05) is 23.6 Å². The maximum Gasteiger partial charge on any atom is 0.416 e. The minimum atomic E-state index is -4.72. The minimum absolute atomic E-state index is 0.00155. The number of thiazole rings is 1. The summed E-state index contributed by atoms with van der Waals surface area (Å²) in [6, 6.07) is 7.19. The molecule has 0 bridgehead atoms. The first-order chi connectivity index (χ1) is 20.1. The number of carbonyl (C=O) groups excluding carboxylic acids is 1. The van der Waals surface area contributed by atoms with E-state index in [1.807, 2.05) is 0 Å². The number of likely N-dealkylation sites (tertiary alicyclic amines) is 1. The second kappa shape index (κ2) is 11.4. The largest absolute Gasteiger partial charge is 0.493 e. The van der Waals surface area contributed by atoms with Crippen molar-refractivity contribution < 1.29 is 32.2 Å². The molecule has 43 heavy (non-hydrogen) atoms. The molecule has 0 unspecified atom stereocenters. The van der Waals surface area contributed by atoms with Gasteiger partial charge in [0.2, 0.25) is 5.88 Å². The summed E-state index contributed by atoms with van der Waals surface area (Å²) >= 11 is 6.49. The topological polar surface area (TPSA) is 96.5 Å². The predicted molar refractivity (Wildman–Crippen MR) is 154 cm³/mol. The van der Waals surface area contributed by atoms with E-state index in [-0.39, 0.29) is 47.0 Å². The highest BCUT2D eigenvalue weighted by atomic mass is 35.5. The van der Waals surface area contributed by atoms with Crippen LogP contribution in [-0.2, 0) is 17.3 Å². The molecule has 0 aliphatic carbocycles. The van der Waals surface area contributed by atoms with Crippen LogP contribution in [0.15, 0.2) is 51.4 Å². The smallest absolute Gasteiger partial charge is 0.416 e. The summed E-state index contributed by atoms with van der Waals surface area (Å²) in [6.45, 7) is 4.77. The number of piperidine rings is 1. The first-order valence-corrected chi connectivity index (χ1v) is 14.5. The molecule has 3 aromatic rings. The lowest BCUT2D eigenvalue weighted by molar-refractivity contribution is -0.138. The van der Waals surface area contributed by atoms with Crippen LogP contribution in [-0.4, -0.2) is 51.7 Å². The lowest BCUT2D eigenvalue weighted by Gasteiger charge is -2.35. The monoisotopic (exact) mass is 638 g/mol. The summed E-state index contributed by atoms with van der Waals surface area (Å²) in [5.74, 6) is -0.565. The van der Waals surface area contributed by atoms with Gasteiger partial charge in [0.05, 0.1) is 34.6 Å². The van der Waals surface area contributed by atoms with Crippen LogP contribution in [0, 0.1) is 0 Å². The highest BCUT2D eigenvalue weighted by Crippen LogP contribution is 2.39. The number of aromatic hydroxyl groups is 1. The Morgan fingerprint density at radius 2 is 1.93 bits per heavy atom. The van der Waals surface area contributed by atoms with Gasteiger partial charge in [-0.25, -0.2) is 9.18 Å². The van der Waals surface area contributed by atoms with Crippen molar-refractivity contribution >= 4 is 40.8 Å². The maximum atomic E-state index is 15.5. The van der Waals surface area contributed by atoms with Crippen LogP contribution in [0.25, 0.3) is 5.57 Å². The summed E-state index contributed by atoms with van der Waals surface area (Å²) in [4.78, 5) is 26.2. The summed E-state index contributed by atoms with van der Waals surface area (Å²) in [7, 11) is 0. The standard InChI is InChI=1S/C29H27ClF4N4O4S/c1-28(2,3)42-26(40)37-9-8-23(21(31)14-37)38-25(39)24(43-27(38)41)19(15-5-7-22-17(10-15)13-35-36-22)11-16-4-6-18(30)12-20(16)29(32,33)34/h4-7,10,12-13,21,23,39H,8-9,11,14H2,1-3H3/t21-,23-/m1/s1. The molecular weight excluding hydrogens is 612 g/mol. The molecule has 0 spiro atoms. The second-order valence-corrected chi connectivity index (χ2v) is 12.7. The third-order valence-corrected chi connectivity index (χ3v) is 8.30. The van der Waals surface area contributed by atoms with Gasteiger partial charge in [0.25, 0.3) is 0 Å². The number of ether oxygens (including phenoxy) is 1. The molecule has 1 saturated heterocycles. The zero-order valence-electron chi connectivity index (χ0n) is 23.3. The van der Waals surface area contributed by atoms with Crippen molar-refractivity contribution in [1.29, 1.82) is 0 Å². The van der Waals surface area contributed by atoms with Crippen LogP contribution in [0.1, 0.15) is 54.8 Å². The number of nitrogens with zero attached hydrogens (tertiary/aromatic N) is 4. The Morgan fingerprint density at radius 3 is 2.60 bits per heavy atom. The zero-order chi connectivity index (χ0) is 31.3. The predicted octanol–water partition coefficient (Wildman–Crippen LogP) is 5.22. The number of benzene rings is 2. The van der Waals surface area contributed by atoms with Crippen LogP contribution < -0.4 is 15.4 Å². The summed E-state index contributed by atoms with van der Waals surface area (Å²) < 4.78 is 63.8. The molecule has 2 aliphatic rings. The summed E-state index contributed by atoms with van der Waals surface area (Å²) in [6.07, 6.45) is -5.98. The molecular formula is C29H27ClF4N4O4S. The first-order valence-electron chi connectivity index (χ1n) is 13.3. The van der Waals surface area contributed by atoms with Crippen LogP contribution in [0.4, 0.5) is 22.4 Å². The Kier molecular flexibility index (Phi) is 8.16. The number of aromatic nitrogens is 1. The number of rotatable bonds is 4. The third-order valence-electron chi connectivity index (χ3n) is 7.06. The van der Waals surface area contributed by atoms with Gasteiger partial charge in [-0.2, -0.15) is 23.4 Å². The fourth-order valence-electron chi connectivity index (χ4n) is 5.10. The van der Waals surface area contributed by atoms with E-state index >= 15 is 4.39 Å². The van der Waals surface area contributed by atoms with Crippen molar-refractivity contribution in [3.8, 4) is 5.88 Å². The molecule has 2 aliphatic heterocycles. The van der Waals surface area contributed by atoms with Crippen molar-refractivity contribution in [3.63, 3.8) is 0 Å². The third kappa shape index (κ3) is 6.47. The van der Waals surface area contributed by atoms with E-state index in [0.29, 0.717) is 27.5 Å². The van der Waals surface area contributed by atoms with Crippen molar-refractivity contribution in [1.82, 2.24) is 9.47 Å². The molecule has 228 valence electrons. The number of fused-ring (bicyclic) bond motifs is 1. The van der Waals surface area contributed by atoms with Gasteiger partial charge in [-0.15, -0.1) is 0 Å². The van der Waals surface area contributed by atoms with E-state index in [0.717, 1.165) is 10.6 Å². The Morgan fingerprint density at radius 1 is 1.19 bits per heavy atom. The van der Waals surface area contributed by atoms with E-state index in [2.05, 4.69) is 10.2 Å². The highest BCUT2D eigenvalue weighted by molar-refractivity contribution is 7.10. The Labute approximate surface area is 252 Å².